The molecule has 2 fully saturated rings. The summed E-state index contributed by atoms with van der Waals surface area (Å²) in [4.78, 5) is 0. The molecule has 2 atom stereocenters. The van der Waals surface area contributed by atoms with Crippen molar-refractivity contribution in [3.05, 3.63) is 0 Å². The third kappa shape index (κ3) is 1.94. The van der Waals surface area contributed by atoms with Gasteiger partial charge in [-0.05, 0) is 12.8 Å². The number of nitrogens with zero attached hydrogens (tertiary/aromatic N) is 1. The van der Waals surface area contributed by atoms with Gasteiger partial charge in [-0.25, -0.2) is 8.42 Å². The lowest BCUT2D eigenvalue weighted by Gasteiger charge is -2.42. The molecule has 4 nitrogen and oxygen atoms in total. The molecule has 0 aromatic heterocycles. The molecule has 1 heterocycles. The Labute approximate surface area is 85.3 Å². The van der Waals surface area contributed by atoms with Gasteiger partial charge in [0.05, 0.1) is 25.0 Å². The summed E-state index contributed by atoms with van der Waals surface area (Å²) in [7, 11) is -3.04. The minimum absolute atomic E-state index is 0.104. The maximum atomic E-state index is 11.5. The van der Waals surface area contributed by atoms with E-state index in [0.29, 0.717) is 13.2 Å². The van der Waals surface area contributed by atoms with Gasteiger partial charge in [-0.2, -0.15) is 4.31 Å². The molecule has 0 radical (unpaired) electrons. The summed E-state index contributed by atoms with van der Waals surface area (Å²) in [5.41, 5.74) is 0. The zero-order chi connectivity index (χ0) is 10.2. The van der Waals surface area contributed by atoms with Gasteiger partial charge in [-0.15, -0.1) is 0 Å². The van der Waals surface area contributed by atoms with Crippen molar-refractivity contribution in [3.8, 4) is 0 Å². The van der Waals surface area contributed by atoms with Crippen LogP contribution in [0.4, 0.5) is 0 Å². The maximum Gasteiger partial charge on any atom is 0.211 e. The minimum Gasteiger partial charge on any atom is -0.375 e. The Kier molecular flexibility index (Phi) is 2.81. The van der Waals surface area contributed by atoms with Crippen molar-refractivity contribution in [2.24, 2.45) is 0 Å². The van der Waals surface area contributed by atoms with Crippen molar-refractivity contribution in [2.75, 3.05) is 19.4 Å². The van der Waals surface area contributed by atoms with Gasteiger partial charge in [-0.1, -0.05) is 12.8 Å². The van der Waals surface area contributed by atoms with E-state index < -0.39 is 10.0 Å². The molecular formula is C9H17NO3S. The second-order valence-corrected chi connectivity index (χ2v) is 6.07. The van der Waals surface area contributed by atoms with Gasteiger partial charge in [0.2, 0.25) is 10.0 Å². The normalized spacial score (nSPS) is 35.2. The Morgan fingerprint density at radius 3 is 2.71 bits per heavy atom. The van der Waals surface area contributed by atoms with Crippen LogP contribution in [-0.2, 0) is 14.8 Å². The standard InChI is InChI=1S/C9H17NO3S/c1-14(11,12)10-6-7-13-9-5-3-2-4-8(9)10/h8-9H,2-7H2,1H3/t8-,9+/m0/s1. The number of morpholine rings is 1. The summed E-state index contributed by atoms with van der Waals surface area (Å²) >= 11 is 0. The van der Waals surface area contributed by atoms with Crippen LogP contribution in [0.1, 0.15) is 25.7 Å². The molecule has 0 aromatic carbocycles. The lowest BCUT2D eigenvalue weighted by molar-refractivity contribution is -0.0583. The molecule has 1 aliphatic carbocycles. The van der Waals surface area contributed by atoms with Crippen LogP contribution >= 0.6 is 0 Å². The van der Waals surface area contributed by atoms with Crippen molar-refractivity contribution in [1.82, 2.24) is 4.31 Å². The van der Waals surface area contributed by atoms with E-state index in [4.69, 9.17) is 4.74 Å². The highest BCUT2D eigenvalue weighted by molar-refractivity contribution is 7.88. The highest BCUT2D eigenvalue weighted by atomic mass is 32.2. The molecule has 2 aliphatic rings. The molecule has 1 aliphatic heterocycles. The molecule has 82 valence electrons. The molecule has 0 spiro atoms. The van der Waals surface area contributed by atoms with Gasteiger partial charge >= 0.3 is 0 Å². The number of hydrogen-bond acceptors (Lipinski definition) is 3. The molecule has 2 rings (SSSR count). The van der Waals surface area contributed by atoms with Crippen LogP contribution in [0, 0.1) is 0 Å². The van der Waals surface area contributed by atoms with Gasteiger partial charge in [0.1, 0.15) is 0 Å². The zero-order valence-corrected chi connectivity index (χ0v) is 9.29. The highest BCUT2D eigenvalue weighted by Crippen LogP contribution is 2.29. The number of ether oxygens (including phenoxy) is 1. The van der Waals surface area contributed by atoms with E-state index in [1.807, 2.05) is 0 Å². The first-order chi connectivity index (χ1) is 6.59. The number of fused-ring (bicyclic) bond motifs is 1. The first-order valence-electron chi connectivity index (χ1n) is 5.17. The first kappa shape index (κ1) is 10.4. The van der Waals surface area contributed by atoms with Crippen LogP contribution < -0.4 is 0 Å². The van der Waals surface area contributed by atoms with E-state index in [1.54, 1.807) is 4.31 Å². The fourth-order valence-corrected chi connectivity index (χ4v) is 3.61. The molecule has 0 bridgehead atoms. The van der Waals surface area contributed by atoms with Crippen LogP contribution in [0.3, 0.4) is 0 Å². The van der Waals surface area contributed by atoms with Crippen molar-refractivity contribution in [3.63, 3.8) is 0 Å². The summed E-state index contributed by atoms with van der Waals surface area (Å²) < 4.78 is 30.2. The molecule has 0 amide bonds. The second kappa shape index (κ2) is 3.79. The van der Waals surface area contributed by atoms with Crippen molar-refractivity contribution in [1.29, 1.82) is 0 Å². The Morgan fingerprint density at radius 2 is 2.00 bits per heavy atom. The van der Waals surface area contributed by atoms with Crippen LogP contribution in [0.2, 0.25) is 0 Å². The summed E-state index contributed by atoms with van der Waals surface area (Å²) in [5, 5.41) is 0. The Bertz CT molecular complexity index is 299. The Hall–Kier alpha value is -0.130. The van der Waals surface area contributed by atoms with Crippen molar-refractivity contribution >= 4 is 10.0 Å². The molecule has 0 aromatic rings. The molecule has 1 saturated carbocycles. The number of rotatable bonds is 1. The summed E-state index contributed by atoms with van der Waals surface area (Å²) in [6, 6.07) is 0.104. The molecule has 14 heavy (non-hydrogen) atoms. The third-order valence-corrected chi connectivity index (χ3v) is 4.41. The Morgan fingerprint density at radius 1 is 1.29 bits per heavy atom. The van der Waals surface area contributed by atoms with Gasteiger partial charge in [0.15, 0.2) is 0 Å². The quantitative estimate of drug-likeness (QED) is 0.648. The van der Waals surface area contributed by atoms with E-state index in [1.165, 1.54) is 12.7 Å². The van der Waals surface area contributed by atoms with E-state index in [-0.39, 0.29) is 12.1 Å². The predicted octanol–water partition coefficient (Wildman–Crippen LogP) is 0.589. The van der Waals surface area contributed by atoms with Gasteiger partial charge in [0.25, 0.3) is 0 Å². The summed E-state index contributed by atoms with van der Waals surface area (Å²) in [6.45, 7) is 1.08. The van der Waals surface area contributed by atoms with E-state index in [0.717, 1.165) is 19.3 Å². The predicted molar refractivity (Wildman–Crippen MR) is 53.5 cm³/mol. The van der Waals surface area contributed by atoms with Gasteiger partial charge in [-0.3, -0.25) is 0 Å². The van der Waals surface area contributed by atoms with Crippen LogP contribution in [0.15, 0.2) is 0 Å². The van der Waals surface area contributed by atoms with E-state index in [9.17, 15) is 8.42 Å². The van der Waals surface area contributed by atoms with Crippen molar-refractivity contribution in [2.45, 2.75) is 37.8 Å². The van der Waals surface area contributed by atoms with Crippen molar-refractivity contribution < 1.29 is 13.2 Å². The zero-order valence-electron chi connectivity index (χ0n) is 8.48. The van der Waals surface area contributed by atoms with Crippen LogP contribution in [0.5, 0.6) is 0 Å². The summed E-state index contributed by atoms with van der Waals surface area (Å²) in [5.74, 6) is 0. The van der Waals surface area contributed by atoms with Gasteiger partial charge < -0.3 is 4.74 Å². The fourth-order valence-electron chi connectivity index (χ4n) is 2.47. The fraction of sp³-hybridized carbons (Fsp3) is 1.00. The second-order valence-electron chi connectivity index (χ2n) is 4.13. The highest BCUT2D eigenvalue weighted by Gasteiger charge is 2.38. The average Bonchev–Trinajstić information content (AvgIpc) is 2.15. The van der Waals surface area contributed by atoms with Crippen LogP contribution in [-0.4, -0.2) is 44.3 Å². The molecule has 5 heteroatoms. The third-order valence-electron chi connectivity index (χ3n) is 3.11. The topological polar surface area (TPSA) is 46.6 Å². The van der Waals surface area contributed by atoms with Gasteiger partial charge in [0, 0.05) is 6.54 Å². The SMILES string of the molecule is CS(=O)(=O)N1CCO[C@@H]2CCCC[C@@H]21. The largest absolute Gasteiger partial charge is 0.375 e. The maximum absolute atomic E-state index is 11.5. The number of hydrogen-bond donors (Lipinski definition) is 0. The molecule has 0 N–H and O–H groups in total. The lowest BCUT2D eigenvalue weighted by Crippen LogP contribution is -2.54. The van der Waals surface area contributed by atoms with Crippen LogP contribution in [0.25, 0.3) is 0 Å². The Balaban J connectivity index is 2.17. The number of sulfonamides is 1. The first-order valence-corrected chi connectivity index (χ1v) is 7.02. The smallest absolute Gasteiger partial charge is 0.211 e. The monoisotopic (exact) mass is 219 g/mol. The lowest BCUT2D eigenvalue weighted by atomic mass is 9.91. The average molecular weight is 219 g/mol. The molecular weight excluding hydrogens is 202 g/mol. The summed E-state index contributed by atoms with van der Waals surface area (Å²) in [6.07, 6.45) is 5.69. The minimum atomic E-state index is -3.04. The molecule has 1 saturated heterocycles. The van der Waals surface area contributed by atoms with E-state index in [2.05, 4.69) is 0 Å². The van der Waals surface area contributed by atoms with E-state index >= 15 is 0 Å². The molecule has 0 unspecified atom stereocenters.